The second-order valence-electron chi connectivity index (χ2n) is 6.49. The van der Waals surface area contributed by atoms with Gasteiger partial charge in [0.1, 0.15) is 17.4 Å². The third-order valence-electron chi connectivity index (χ3n) is 5.36. The van der Waals surface area contributed by atoms with Crippen molar-refractivity contribution in [1.82, 2.24) is 4.90 Å². The van der Waals surface area contributed by atoms with Gasteiger partial charge >= 0.3 is 0 Å². The van der Waals surface area contributed by atoms with Crippen molar-refractivity contribution in [2.24, 2.45) is 11.3 Å². The van der Waals surface area contributed by atoms with Crippen LogP contribution in [0.15, 0.2) is 30.3 Å². The number of hydrogen-bond donors (Lipinski definition) is 1. The predicted molar refractivity (Wildman–Crippen MR) is 82.7 cm³/mol. The van der Waals surface area contributed by atoms with E-state index in [0.717, 1.165) is 18.4 Å². The number of likely N-dealkylation sites (tertiary alicyclic amines) is 1. The summed E-state index contributed by atoms with van der Waals surface area (Å²) in [5.74, 6) is -0.115. The standard InChI is InChI=1S/C18H23NO3/c1-2-14-11-16(21)19(12-13-7-4-3-5-8-13)17(22)18(14)10-6-9-15(18)20/h3-5,7-8,14,16,21H,2,6,9-12H2,1H3/t14-,16+,18-/m0/s1. The molecular formula is C18H23NO3. The molecule has 118 valence electrons. The van der Waals surface area contributed by atoms with Crippen molar-refractivity contribution in [2.75, 3.05) is 0 Å². The number of carbonyl (C=O) groups excluding carboxylic acids is 2. The highest BCUT2D eigenvalue weighted by Gasteiger charge is 2.58. The summed E-state index contributed by atoms with van der Waals surface area (Å²) in [6.07, 6.45) is 2.39. The lowest BCUT2D eigenvalue weighted by Crippen LogP contribution is -2.59. The monoisotopic (exact) mass is 301 g/mol. The van der Waals surface area contributed by atoms with Gasteiger partial charge in [-0.15, -0.1) is 0 Å². The SMILES string of the molecule is CC[C@H]1C[C@@H](O)N(Cc2ccccc2)C(=O)[C@@]12CCCC2=O. The number of nitrogens with zero attached hydrogens (tertiary/aromatic N) is 1. The van der Waals surface area contributed by atoms with Gasteiger partial charge in [-0.2, -0.15) is 0 Å². The van der Waals surface area contributed by atoms with E-state index in [1.54, 1.807) is 0 Å². The highest BCUT2D eigenvalue weighted by Crippen LogP contribution is 2.49. The summed E-state index contributed by atoms with van der Waals surface area (Å²) in [6, 6.07) is 9.64. The third-order valence-corrected chi connectivity index (χ3v) is 5.36. The van der Waals surface area contributed by atoms with Crippen LogP contribution in [0.1, 0.15) is 44.6 Å². The molecule has 0 aromatic heterocycles. The first-order valence-corrected chi connectivity index (χ1v) is 8.16. The molecule has 1 aromatic rings. The first-order chi connectivity index (χ1) is 10.6. The van der Waals surface area contributed by atoms with Crippen LogP contribution in [-0.4, -0.2) is 27.9 Å². The van der Waals surface area contributed by atoms with Crippen molar-refractivity contribution >= 4 is 11.7 Å². The maximum Gasteiger partial charge on any atom is 0.238 e. The van der Waals surface area contributed by atoms with Crippen LogP contribution in [-0.2, 0) is 16.1 Å². The van der Waals surface area contributed by atoms with Gasteiger partial charge in [-0.1, -0.05) is 43.7 Å². The van der Waals surface area contributed by atoms with Gasteiger partial charge in [0.15, 0.2) is 0 Å². The quantitative estimate of drug-likeness (QED) is 0.873. The molecule has 1 aliphatic heterocycles. The molecule has 1 amide bonds. The minimum absolute atomic E-state index is 0.0305. The van der Waals surface area contributed by atoms with E-state index in [2.05, 4.69) is 0 Å². The normalized spacial score (nSPS) is 32.0. The fourth-order valence-electron chi connectivity index (χ4n) is 4.17. The number of carbonyl (C=O) groups is 2. The summed E-state index contributed by atoms with van der Waals surface area (Å²) in [5.41, 5.74) is 0.105. The molecule has 0 unspecified atom stereocenters. The Balaban J connectivity index is 1.92. The van der Waals surface area contributed by atoms with Crippen molar-refractivity contribution in [3.63, 3.8) is 0 Å². The zero-order valence-electron chi connectivity index (χ0n) is 13.0. The minimum atomic E-state index is -0.872. The number of amides is 1. The van der Waals surface area contributed by atoms with Crippen molar-refractivity contribution in [3.05, 3.63) is 35.9 Å². The second-order valence-corrected chi connectivity index (χ2v) is 6.49. The van der Waals surface area contributed by atoms with E-state index in [1.807, 2.05) is 37.3 Å². The Labute approximate surface area is 131 Å². The van der Waals surface area contributed by atoms with Crippen molar-refractivity contribution < 1.29 is 14.7 Å². The van der Waals surface area contributed by atoms with Gasteiger partial charge in [0.25, 0.3) is 0 Å². The van der Waals surface area contributed by atoms with Gasteiger partial charge in [0.05, 0.1) is 0 Å². The Kier molecular flexibility index (Phi) is 4.04. The van der Waals surface area contributed by atoms with Crippen LogP contribution in [0.4, 0.5) is 0 Å². The number of benzene rings is 1. The van der Waals surface area contributed by atoms with Crippen molar-refractivity contribution in [3.8, 4) is 0 Å². The first kappa shape index (κ1) is 15.2. The molecule has 1 aliphatic carbocycles. The average molecular weight is 301 g/mol. The van der Waals surface area contributed by atoms with E-state index in [0.29, 0.717) is 25.8 Å². The Morgan fingerprint density at radius 2 is 2.00 bits per heavy atom. The third kappa shape index (κ3) is 2.26. The topological polar surface area (TPSA) is 57.6 Å². The number of ketones is 1. The summed E-state index contributed by atoms with van der Waals surface area (Å²) in [5, 5.41) is 10.4. The number of aliphatic hydroxyl groups is 1. The lowest BCUT2D eigenvalue weighted by molar-refractivity contribution is -0.174. The molecule has 1 heterocycles. The molecule has 0 bridgehead atoms. The van der Waals surface area contributed by atoms with Crippen LogP contribution in [0.3, 0.4) is 0 Å². The van der Waals surface area contributed by atoms with Gasteiger partial charge in [-0.05, 0) is 30.7 Å². The molecule has 1 saturated carbocycles. The Morgan fingerprint density at radius 1 is 1.27 bits per heavy atom. The number of piperidine rings is 1. The second kappa shape index (κ2) is 5.84. The molecule has 1 spiro atoms. The molecule has 4 heteroatoms. The Bertz CT molecular complexity index is 571. The Hall–Kier alpha value is -1.68. The van der Waals surface area contributed by atoms with Gasteiger partial charge in [0.2, 0.25) is 5.91 Å². The highest BCUT2D eigenvalue weighted by molar-refractivity contribution is 6.08. The molecule has 0 radical (unpaired) electrons. The lowest BCUT2D eigenvalue weighted by Gasteiger charge is -2.46. The maximum atomic E-state index is 13.1. The summed E-state index contributed by atoms with van der Waals surface area (Å²) in [6.45, 7) is 2.37. The molecule has 1 saturated heterocycles. The van der Waals surface area contributed by atoms with Crippen molar-refractivity contribution in [2.45, 2.75) is 51.8 Å². The predicted octanol–water partition coefficient (Wildman–Crippen LogP) is 2.50. The van der Waals surface area contributed by atoms with Crippen LogP contribution < -0.4 is 0 Å². The fourth-order valence-corrected chi connectivity index (χ4v) is 4.17. The van der Waals surface area contributed by atoms with E-state index in [1.165, 1.54) is 4.90 Å². The molecule has 3 atom stereocenters. The van der Waals surface area contributed by atoms with E-state index in [4.69, 9.17) is 0 Å². The number of hydrogen-bond acceptors (Lipinski definition) is 3. The van der Waals surface area contributed by atoms with Gasteiger partial charge < -0.3 is 10.0 Å². The molecule has 1 aromatic carbocycles. The van der Waals surface area contributed by atoms with E-state index < -0.39 is 11.6 Å². The first-order valence-electron chi connectivity index (χ1n) is 8.16. The molecule has 1 N–H and O–H groups in total. The average Bonchev–Trinajstić information content (AvgIpc) is 2.91. The summed E-state index contributed by atoms with van der Waals surface area (Å²) in [4.78, 5) is 27.1. The zero-order valence-corrected chi connectivity index (χ0v) is 13.0. The molecule has 22 heavy (non-hydrogen) atoms. The highest BCUT2D eigenvalue weighted by atomic mass is 16.3. The zero-order chi connectivity index (χ0) is 15.7. The van der Waals surface area contributed by atoms with E-state index in [9.17, 15) is 14.7 Å². The lowest BCUT2D eigenvalue weighted by atomic mass is 9.66. The minimum Gasteiger partial charge on any atom is -0.374 e. The van der Waals surface area contributed by atoms with Crippen LogP contribution in [0.5, 0.6) is 0 Å². The molecule has 2 aliphatic rings. The summed E-state index contributed by atoms with van der Waals surface area (Å²) >= 11 is 0. The molecule has 2 fully saturated rings. The van der Waals surface area contributed by atoms with E-state index in [-0.39, 0.29) is 17.6 Å². The Morgan fingerprint density at radius 3 is 2.59 bits per heavy atom. The molecule has 3 rings (SSSR count). The van der Waals surface area contributed by atoms with Crippen LogP contribution in [0.2, 0.25) is 0 Å². The largest absolute Gasteiger partial charge is 0.374 e. The van der Waals surface area contributed by atoms with Crippen LogP contribution in [0, 0.1) is 11.3 Å². The van der Waals surface area contributed by atoms with Gasteiger partial charge in [0, 0.05) is 13.0 Å². The smallest absolute Gasteiger partial charge is 0.238 e. The van der Waals surface area contributed by atoms with Crippen molar-refractivity contribution in [1.29, 1.82) is 0 Å². The van der Waals surface area contributed by atoms with Crippen LogP contribution >= 0.6 is 0 Å². The molecular weight excluding hydrogens is 278 g/mol. The number of rotatable bonds is 3. The fraction of sp³-hybridized carbons (Fsp3) is 0.556. The van der Waals surface area contributed by atoms with Gasteiger partial charge in [-0.3, -0.25) is 9.59 Å². The van der Waals surface area contributed by atoms with Crippen LogP contribution in [0.25, 0.3) is 0 Å². The summed E-state index contributed by atoms with van der Waals surface area (Å²) < 4.78 is 0. The van der Waals surface area contributed by atoms with Gasteiger partial charge in [-0.25, -0.2) is 0 Å². The van der Waals surface area contributed by atoms with E-state index >= 15 is 0 Å². The summed E-state index contributed by atoms with van der Waals surface area (Å²) in [7, 11) is 0. The number of aliphatic hydroxyl groups excluding tert-OH is 1. The molecule has 4 nitrogen and oxygen atoms in total. The maximum absolute atomic E-state index is 13.1. The number of Topliss-reactive ketones (excluding diaryl/α,β-unsaturated/α-hetero) is 1.